The number of esters is 1. The third-order valence-electron chi connectivity index (χ3n) is 5.45. The van der Waals surface area contributed by atoms with Crippen LogP contribution in [0.4, 0.5) is 5.00 Å². The number of ether oxygens (including phenoxy) is 1. The summed E-state index contributed by atoms with van der Waals surface area (Å²) in [6.07, 6.45) is 2.59. The van der Waals surface area contributed by atoms with E-state index < -0.39 is 16.0 Å². The molecule has 182 valence electrons. The second-order valence-electron chi connectivity index (χ2n) is 7.45. The van der Waals surface area contributed by atoms with E-state index in [2.05, 4.69) is 5.32 Å². The van der Waals surface area contributed by atoms with Gasteiger partial charge in [0, 0.05) is 23.9 Å². The van der Waals surface area contributed by atoms with Crippen molar-refractivity contribution in [2.75, 3.05) is 31.3 Å². The van der Waals surface area contributed by atoms with Gasteiger partial charge in [-0.25, -0.2) is 13.2 Å². The molecule has 0 bridgehead atoms. The van der Waals surface area contributed by atoms with Gasteiger partial charge in [-0.1, -0.05) is 12.1 Å². The largest absolute Gasteiger partial charge is 0.462 e. The van der Waals surface area contributed by atoms with Gasteiger partial charge in [0.1, 0.15) is 15.3 Å². The van der Waals surface area contributed by atoms with Gasteiger partial charge >= 0.3 is 5.97 Å². The Balaban J connectivity index is 1.71. The Bertz CT molecular complexity index is 1210. The predicted molar refractivity (Wildman–Crippen MR) is 135 cm³/mol. The topological polar surface area (TPSA) is 117 Å². The third-order valence-corrected chi connectivity index (χ3v) is 10.5. The Kier molecular flexibility index (Phi) is 9.06. The average Bonchev–Trinajstić information content (AvgIpc) is 3.14. The molecule has 1 aliphatic rings. The molecular formula is C22H25N3O5S4. The number of nitriles is 1. The minimum atomic E-state index is -3.65. The molecule has 1 saturated heterocycles. The molecule has 0 atom stereocenters. The highest BCUT2D eigenvalue weighted by Crippen LogP contribution is 2.40. The first kappa shape index (κ1) is 26.6. The zero-order valence-corrected chi connectivity index (χ0v) is 22.3. The number of nitrogens with zero attached hydrogens (tertiary/aromatic N) is 2. The quantitative estimate of drug-likeness (QED) is 0.295. The number of thioether (sulfide) groups is 2. The van der Waals surface area contributed by atoms with Crippen LogP contribution in [0.3, 0.4) is 0 Å². The molecule has 1 fully saturated rings. The van der Waals surface area contributed by atoms with Crippen LogP contribution in [0.2, 0.25) is 0 Å². The second kappa shape index (κ2) is 11.6. The predicted octanol–water partition coefficient (Wildman–Crippen LogP) is 4.57. The fraction of sp³-hybridized carbons (Fsp3) is 0.409. The van der Waals surface area contributed by atoms with E-state index in [-0.39, 0.29) is 36.4 Å². The van der Waals surface area contributed by atoms with Crippen molar-refractivity contribution >= 4 is 61.8 Å². The lowest BCUT2D eigenvalue weighted by Crippen LogP contribution is -2.41. The lowest BCUT2D eigenvalue weighted by Gasteiger charge is -2.31. The van der Waals surface area contributed by atoms with E-state index in [1.807, 2.05) is 11.7 Å². The number of amides is 1. The second-order valence-corrected chi connectivity index (χ2v) is 12.0. The molecule has 3 rings (SSSR count). The molecule has 12 heteroatoms. The summed E-state index contributed by atoms with van der Waals surface area (Å²) in [5.74, 6) is -1.12. The number of piperidine rings is 1. The minimum Gasteiger partial charge on any atom is -0.462 e. The number of benzene rings is 1. The van der Waals surface area contributed by atoms with E-state index in [0.29, 0.717) is 38.1 Å². The number of thiocyanates is 1. The first-order valence-electron chi connectivity index (χ1n) is 10.5. The maximum atomic E-state index is 13.1. The van der Waals surface area contributed by atoms with E-state index >= 15 is 0 Å². The van der Waals surface area contributed by atoms with Crippen molar-refractivity contribution in [3.8, 4) is 5.40 Å². The number of rotatable bonds is 8. The van der Waals surface area contributed by atoms with E-state index in [4.69, 9.17) is 10.00 Å². The van der Waals surface area contributed by atoms with Crippen LogP contribution in [0.25, 0.3) is 0 Å². The summed E-state index contributed by atoms with van der Waals surface area (Å²) in [6.45, 7) is 4.12. The SMILES string of the molecule is CCOC(=O)c1sc(NC(=O)C2CCN(S(=O)(=O)c3ccccc3SC)CC2)c(SC#N)c1C. The molecule has 1 aliphatic heterocycles. The van der Waals surface area contributed by atoms with Crippen molar-refractivity contribution in [3.05, 3.63) is 34.7 Å². The van der Waals surface area contributed by atoms with Crippen LogP contribution < -0.4 is 5.32 Å². The fourth-order valence-corrected chi connectivity index (χ4v) is 8.08. The van der Waals surface area contributed by atoms with Crippen molar-refractivity contribution in [3.63, 3.8) is 0 Å². The van der Waals surface area contributed by atoms with Crippen LogP contribution in [0, 0.1) is 23.5 Å². The summed E-state index contributed by atoms with van der Waals surface area (Å²) in [6, 6.07) is 6.90. The van der Waals surface area contributed by atoms with Crippen molar-refractivity contribution in [2.24, 2.45) is 5.92 Å². The normalized spacial score (nSPS) is 15.0. The van der Waals surface area contributed by atoms with Crippen LogP contribution in [-0.2, 0) is 19.6 Å². The molecule has 0 spiro atoms. The Morgan fingerprint density at radius 1 is 1.29 bits per heavy atom. The highest BCUT2D eigenvalue weighted by Gasteiger charge is 2.34. The van der Waals surface area contributed by atoms with Crippen LogP contribution in [0.15, 0.2) is 39.0 Å². The number of carbonyl (C=O) groups excluding carboxylic acids is 2. The maximum Gasteiger partial charge on any atom is 0.348 e. The van der Waals surface area contributed by atoms with Gasteiger partial charge in [-0.2, -0.15) is 9.57 Å². The lowest BCUT2D eigenvalue weighted by molar-refractivity contribution is -0.120. The summed E-state index contributed by atoms with van der Waals surface area (Å²) < 4.78 is 32.8. The van der Waals surface area contributed by atoms with Crippen molar-refractivity contribution in [1.29, 1.82) is 5.26 Å². The molecule has 1 aromatic heterocycles. The molecule has 34 heavy (non-hydrogen) atoms. The Labute approximate surface area is 212 Å². The monoisotopic (exact) mass is 539 g/mol. The van der Waals surface area contributed by atoms with Crippen LogP contribution >= 0.6 is 34.9 Å². The van der Waals surface area contributed by atoms with Gasteiger partial charge in [-0.3, -0.25) is 4.79 Å². The van der Waals surface area contributed by atoms with E-state index in [1.165, 1.54) is 16.1 Å². The van der Waals surface area contributed by atoms with E-state index in [9.17, 15) is 18.0 Å². The highest BCUT2D eigenvalue weighted by atomic mass is 32.2. The number of sulfonamides is 1. The van der Waals surface area contributed by atoms with E-state index in [1.54, 1.807) is 38.1 Å². The van der Waals surface area contributed by atoms with Crippen LogP contribution in [0.1, 0.15) is 35.0 Å². The van der Waals surface area contributed by atoms with Crippen LogP contribution in [0.5, 0.6) is 0 Å². The molecule has 2 aromatic rings. The fourth-order valence-electron chi connectivity index (χ4n) is 3.68. The number of carbonyl (C=O) groups is 2. The van der Waals surface area contributed by atoms with Gasteiger partial charge < -0.3 is 10.1 Å². The highest BCUT2D eigenvalue weighted by molar-refractivity contribution is 8.04. The number of hydrogen-bond acceptors (Lipinski definition) is 9. The van der Waals surface area contributed by atoms with Gasteiger partial charge in [0.15, 0.2) is 0 Å². The zero-order valence-electron chi connectivity index (χ0n) is 19.0. The molecule has 0 aliphatic carbocycles. The lowest BCUT2D eigenvalue weighted by atomic mass is 9.97. The van der Waals surface area contributed by atoms with Crippen molar-refractivity contribution in [2.45, 2.75) is 41.4 Å². The molecule has 2 heterocycles. The van der Waals surface area contributed by atoms with E-state index in [0.717, 1.165) is 23.1 Å². The van der Waals surface area contributed by atoms with Crippen molar-refractivity contribution in [1.82, 2.24) is 4.31 Å². The minimum absolute atomic E-state index is 0.224. The number of anilines is 1. The molecule has 1 aromatic carbocycles. The third kappa shape index (κ3) is 5.60. The zero-order chi connectivity index (χ0) is 24.9. The Hall–Kier alpha value is -2.04. The summed E-state index contributed by atoms with van der Waals surface area (Å²) in [7, 11) is -3.65. The molecule has 0 saturated carbocycles. The van der Waals surface area contributed by atoms with Gasteiger partial charge in [-0.15, -0.1) is 23.1 Å². The molecule has 0 unspecified atom stereocenters. The molecule has 8 nitrogen and oxygen atoms in total. The van der Waals surface area contributed by atoms with Crippen LogP contribution in [-0.4, -0.2) is 50.6 Å². The molecular weight excluding hydrogens is 515 g/mol. The summed E-state index contributed by atoms with van der Waals surface area (Å²) in [5, 5.41) is 14.4. The number of thiophene rings is 1. The van der Waals surface area contributed by atoms with Gasteiger partial charge in [0.2, 0.25) is 15.9 Å². The van der Waals surface area contributed by atoms with Crippen molar-refractivity contribution < 1.29 is 22.7 Å². The molecule has 1 N–H and O–H groups in total. The summed E-state index contributed by atoms with van der Waals surface area (Å²) >= 11 is 3.35. The van der Waals surface area contributed by atoms with Gasteiger partial charge in [0.05, 0.1) is 16.4 Å². The molecule has 0 radical (unpaired) electrons. The molecule has 1 amide bonds. The number of nitrogens with one attached hydrogen (secondary N) is 1. The smallest absolute Gasteiger partial charge is 0.348 e. The average molecular weight is 540 g/mol. The maximum absolute atomic E-state index is 13.1. The van der Waals surface area contributed by atoms with Gasteiger partial charge in [-0.05, 0) is 62.4 Å². The van der Waals surface area contributed by atoms with Gasteiger partial charge in [0.25, 0.3) is 0 Å². The first-order chi connectivity index (χ1) is 16.2. The summed E-state index contributed by atoms with van der Waals surface area (Å²) in [4.78, 5) is 27.1. The number of hydrogen-bond donors (Lipinski definition) is 1. The summed E-state index contributed by atoms with van der Waals surface area (Å²) in [5.41, 5.74) is 0.596. The Morgan fingerprint density at radius 2 is 1.97 bits per heavy atom. The first-order valence-corrected chi connectivity index (χ1v) is 14.8. The standard InChI is InChI=1S/C22H25N3O5S4/c1-4-30-22(27)19-14(2)18(32-13-23)21(33-19)24-20(26)15-9-11-25(12-10-15)34(28,29)17-8-6-5-7-16(17)31-3/h5-8,15H,4,9-12H2,1-3H3,(H,24,26). The Morgan fingerprint density at radius 3 is 2.59 bits per heavy atom.